The largest absolute Gasteiger partial charge is 0.451 e. The highest BCUT2D eigenvalue weighted by Gasteiger charge is 2.17. The van der Waals surface area contributed by atoms with E-state index < -0.39 is 0 Å². The van der Waals surface area contributed by atoms with Gasteiger partial charge in [-0.05, 0) is 40.2 Å². The van der Waals surface area contributed by atoms with E-state index in [1.807, 2.05) is 36.4 Å². The first-order chi connectivity index (χ1) is 9.16. The van der Waals surface area contributed by atoms with Crippen molar-refractivity contribution in [2.75, 3.05) is 0 Å². The first-order valence-corrected chi connectivity index (χ1v) is 7.23. The van der Waals surface area contributed by atoms with E-state index in [1.165, 1.54) is 0 Å². The van der Waals surface area contributed by atoms with E-state index in [1.54, 1.807) is 12.1 Å². The fourth-order valence-electron chi connectivity index (χ4n) is 1.92. The monoisotopic (exact) mass is 378 g/mol. The Morgan fingerprint density at radius 2 is 1.68 bits per heavy atom. The van der Waals surface area contributed by atoms with Gasteiger partial charge in [0.1, 0.15) is 5.58 Å². The van der Waals surface area contributed by atoms with Gasteiger partial charge in [0, 0.05) is 15.4 Å². The Hall–Kier alpha value is -1.39. The summed E-state index contributed by atoms with van der Waals surface area (Å²) in [5, 5.41) is 0.907. The number of carbonyl (C=O) groups excluding carboxylic acids is 1. The fraction of sp³-hybridized carbons (Fsp3) is 0. The van der Waals surface area contributed by atoms with Gasteiger partial charge in [-0.1, -0.05) is 40.2 Å². The van der Waals surface area contributed by atoms with Crippen LogP contribution in [-0.2, 0) is 0 Å². The molecule has 94 valence electrons. The fourth-order valence-corrected chi connectivity index (χ4v) is 2.84. The van der Waals surface area contributed by atoms with Gasteiger partial charge in [0.2, 0.25) is 5.78 Å². The van der Waals surface area contributed by atoms with Gasteiger partial charge in [-0.2, -0.15) is 0 Å². The maximum Gasteiger partial charge on any atom is 0.229 e. The Balaban J connectivity index is 2.12. The molecule has 0 aliphatic carbocycles. The van der Waals surface area contributed by atoms with Crippen molar-refractivity contribution in [2.24, 2.45) is 0 Å². The van der Waals surface area contributed by atoms with Crippen LogP contribution < -0.4 is 0 Å². The first-order valence-electron chi connectivity index (χ1n) is 5.64. The van der Waals surface area contributed by atoms with Crippen LogP contribution in [0.15, 0.2) is 61.9 Å². The number of hydrogen-bond acceptors (Lipinski definition) is 2. The second-order valence-corrected chi connectivity index (χ2v) is 5.79. The third-order valence-electron chi connectivity index (χ3n) is 2.84. The molecule has 0 saturated heterocycles. The van der Waals surface area contributed by atoms with Gasteiger partial charge in [-0.25, -0.2) is 0 Å². The van der Waals surface area contributed by atoms with Crippen LogP contribution in [0.1, 0.15) is 16.1 Å². The van der Waals surface area contributed by atoms with Gasteiger partial charge in [-0.3, -0.25) is 4.79 Å². The zero-order valence-electron chi connectivity index (χ0n) is 9.69. The lowest BCUT2D eigenvalue weighted by molar-refractivity contribution is 0.101. The number of fused-ring (bicyclic) bond motifs is 1. The Bertz CT molecular complexity index is 775. The summed E-state index contributed by atoms with van der Waals surface area (Å²) in [6.07, 6.45) is 0. The molecular weight excluding hydrogens is 372 g/mol. The predicted molar refractivity (Wildman–Crippen MR) is 81.5 cm³/mol. The minimum atomic E-state index is -0.129. The van der Waals surface area contributed by atoms with E-state index in [0.29, 0.717) is 16.9 Å². The maximum atomic E-state index is 12.4. The first kappa shape index (κ1) is 12.6. The molecule has 0 aliphatic rings. The Labute approximate surface area is 126 Å². The number of hydrogen-bond donors (Lipinski definition) is 0. The van der Waals surface area contributed by atoms with Crippen molar-refractivity contribution in [3.63, 3.8) is 0 Å². The smallest absolute Gasteiger partial charge is 0.229 e. The van der Waals surface area contributed by atoms with Crippen molar-refractivity contribution in [3.05, 3.63) is 68.8 Å². The second kappa shape index (κ2) is 4.94. The van der Waals surface area contributed by atoms with Gasteiger partial charge < -0.3 is 4.42 Å². The number of rotatable bonds is 2. The zero-order valence-corrected chi connectivity index (χ0v) is 12.9. The van der Waals surface area contributed by atoms with Crippen LogP contribution in [0.3, 0.4) is 0 Å². The van der Waals surface area contributed by atoms with Crippen LogP contribution >= 0.6 is 31.9 Å². The van der Waals surface area contributed by atoms with Crippen LogP contribution in [0.4, 0.5) is 0 Å². The molecule has 2 aromatic carbocycles. The molecular formula is C15H8Br2O2. The molecule has 3 rings (SSSR count). The van der Waals surface area contributed by atoms with Crippen molar-refractivity contribution in [2.45, 2.75) is 0 Å². The minimum absolute atomic E-state index is 0.129. The highest BCUT2D eigenvalue weighted by Crippen LogP contribution is 2.29. The second-order valence-electron chi connectivity index (χ2n) is 4.08. The molecule has 2 nitrogen and oxygen atoms in total. The quantitative estimate of drug-likeness (QED) is 0.573. The summed E-state index contributed by atoms with van der Waals surface area (Å²) in [4.78, 5) is 12.4. The molecule has 1 heterocycles. The average molecular weight is 380 g/mol. The third-order valence-corrected chi connectivity index (χ3v) is 4.15. The maximum absolute atomic E-state index is 12.4. The molecule has 0 fully saturated rings. The third kappa shape index (κ3) is 2.26. The molecule has 0 saturated carbocycles. The number of halogens is 2. The lowest BCUT2D eigenvalue weighted by Gasteiger charge is -1.99. The molecule has 0 spiro atoms. The molecule has 4 heteroatoms. The molecule has 0 unspecified atom stereocenters. The van der Waals surface area contributed by atoms with Crippen molar-refractivity contribution >= 4 is 48.6 Å². The number of furan rings is 1. The van der Waals surface area contributed by atoms with E-state index in [4.69, 9.17) is 4.42 Å². The lowest BCUT2D eigenvalue weighted by Crippen LogP contribution is -2.00. The van der Waals surface area contributed by atoms with Gasteiger partial charge >= 0.3 is 0 Å². The Morgan fingerprint density at radius 1 is 0.947 bits per heavy atom. The summed E-state index contributed by atoms with van der Waals surface area (Å²) in [6.45, 7) is 0. The molecule has 0 N–H and O–H groups in total. The normalized spacial score (nSPS) is 10.8. The van der Waals surface area contributed by atoms with Crippen LogP contribution in [0.5, 0.6) is 0 Å². The molecule has 0 radical (unpaired) electrons. The van der Waals surface area contributed by atoms with Crippen LogP contribution in [0.25, 0.3) is 11.0 Å². The highest BCUT2D eigenvalue weighted by molar-refractivity contribution is 9.11. The highest BCUT2D eigenvalue weighted by atomic mass is 79.9. The van der Waals surface area contributed by atoms with Crippen LogP contribution in [0, 0.1) is 0 Å². The van der Waals surface area contributed by atoms with E-state index in [2.05, 4.69) is 31.9 Å². The summed E-state index contributed by atoms with van der Waals surface area (Å²) in [5.41, 5.74) is 1.29. The molecule has 0 atom stereocenters. The van der Waals surface area contributed by atoms with Crippen molar-refractivity contribution in [1.29, 1.82) is 0 Å². The zero-order chi connectivity index (χ0) is 13.4. The van der Waals surface area contributed by atoms with Gasteiger partial charge in [0.15, 0.2) is 5.76 Å². The molecule has 0 bridgehead atoms. The Kier molecular flexibility index (Phi) is 3.29. The number of benzene rings is 2. The molecule has 0 aliphatic heterocycles. The summed E-state index contributed by atoms with van der Waals surface area (Å²) in [7, 11) is 0. The van der Waals surface area contributed by atoms with Crippen molar-refractivity contribution < 1.29 is 9.21 Å². The van der Waals surface area contributed by atoms with E-state index in [0.717, 1.165) is 14.3 Å². The number of carbonyl (C=O) groups is 1. The summed E-state index contributed by atoms with van der Waals surface area (Å²) >= 11 is 6.80. The predicted octanol–water partition coefficient (Wildman–Crippen LogP) is 5.19. The standard InChI is InChI=1S/C15H8Br2O2/c16-11-6-2-1-5-10(11)14(18)13-8-9-4-3-7-12(17)15(9)19-13/h1-8H. The van der Waals surface area contributed by atoms with Gasteiger partial charge in [0.25, 0.3) is 0 Å². The van der Waals surface area contributed by atoms with E-state index in [-0.39, 0.29) is 5.78 Å². The molecule has 19 heavy (non-hydrogen) atoms. The minimum Gasteiger partial charge on any atom is -0.451 e. The molecule has 3 aromatic rings. The van der Waals surface area contributed by atoms with Gasteiger partial charge in [0.05, 0.1) is 4.47 Å². The number of para-hydroxylation sites is 1. The topological polar surface area (TPSA) is 30.2 Å². The summed E-state index contributed by atoms with van der Waals surface area (Å²) in [5.74, 6) is 0.212. The van der Waals surface area contributed by atoms with E-state index >= 15 is 0 Å². The van der Waals surface area contributed by atoms with Crippen LogP contribution in [-0.4, -0.2) is 5.78 Å². The van der Waals surface area contributed by atoms with Crippen LogP contribution in [0.2, 0.25) is 0 Å². The van der Waals surface area contributed by atoms with E-state index in [9.17, 15) is 4.79 Å². The summed E-state index contributed by atoms with van der Waals surface area (Å²) in [6, 6.07) is 14.8. The van der Waals surface area contributed by atoms with Crippen molar-refractivity contribution in [3.8, 4) is 0 Å². The van der Waals surface area contributed by atoms with Gasteiger partial charge in [-0.15, -0.1) is 0 Å². The SMILES string of the molecule is O=C(c1cc2cccc(Br)c2o1)c1ccccc1Br. The molecule has 1 aromatic heterocycles. The number of ketones is 1. The molecule has 0 amide bonds. The van der Waals surface area contributed by atoms with Crippen molar-refractivity contribution in [1.82, 2.24) is 0 Å². The summed E-state index contributed by atoms with van der Waals surface area (Å²) < 4.78 is 7.26. The Morgan fingerprint density at radius 3 is 2.42 bits per heavy atom. The average Bonchev–Trinajstić information content (AvgIpc) is 2.84. The lowest BCUT2D eigenvalue weighted by atomic mass is 10.1.